The Labute approximate surface area is 234 Å². The predicted molar refractivity (Wildman–Crippen MR) is 143 cm³/mol. The van der Waals surface area contributed by atoms with Gasteiger partial charge in [0.25, 0.3) is 0 Å². The SMILES string of the molecule is Cn1nc([C@@H]2CCN(CCc3ccccc3)C(OC(=O)C(F)(F)F)[C@H]2c2ccc(F)cc2)cc1-c1ccc(F)cc1. The highest BCUT2D eigenvalue weighted by molar-refractivity contribution is 5.75. The second-order valence-corrected chi connectivity index (χ2v) is 10.1. The molecule has 1 unspecified atom stereocenters. The van der Waals surface area contributed by atoms with E-state index < -0.39 is 36.0 Å². The van der Waals surface area contributed by atoms with Crippen LogP contribution >= 0.6 is 0 Å². The summed E-state index contributed by atoms with van der Waals surface area (Å²) in [5.41, 5.74) is 3.49. The minimum absolute atomic E-state index is 0.341. The topological polar surface area (TPSA) is 47.4 Å². The number of benzene rings is 3. The van der Waals surface area contributed by atoms with Crippen LogP contribution in [0, 0.1) is 11.6 Å². The van der Waals surface area contributed by atoms with E-state index in [1.807, 2.05) is 36.4 Å². The van der Waals surface area contributed by atoms with E-state index in [4.69, 9.17) is 4.74 Å². The van der Waals surface area contributed by atoms with Crippen molar-refractivity contribution < 1.29 is 31.5 Å². The zero-order chi connectivity index (χ0) is 29.1. The Balaban J connectivity index is 1.54. The highest BCUT2D eigenvalue weighted by Crippen LogP contribution is 2.45. The summed E-state index contributed by atoms with van der Waals surface area (Å²) >= 11 is 0. The Kier molecular flexibility index (Phi) is 8.21. The van der Waals surface area contributed by atoms with Crippen molar-refractivity contribution in [3.8, 4) is 11.3 Å². The number of rotatable bonds is 7. The first-order valence-corrected chi connectivity index (χ1v) is 13.2. The van der Waals surface area contributed by atoms with Gasteiger partial charge in [-0.1, -0.05) is 42.5 Å². The lowest BCUT2D eigenvalue weighted by Crippen LogP contribution is -2.51. The van der Waals surface area contributed by atoms with E-state index in [0.717, 1.165) is 5.56 Å². The van der Waals surface area contributed by atoms with Gasteiger partial charge in [-0.2, -0.15) is 18.3 Å². The highest BCUT2D eigenvalue weighted by atomic mass is 19.4. The normalized spacial score (nSPS) is 19.7. The molecule has 0 amide bonds. The van der Waals surface area contributed by atoms with E-state index in [1.165, 1.54) is 36.4 Å². The largest absolute Gasteiger partial charge is 0.490 e. The number of aryl methyl sites for hydroxylation is 1. The fraction of sp³-hybridized carbons (Fsp3) is 0.290. The minimum Gasteiger partial charge on any atom is -0.439 e. The van der Waals surface area contributed by atoms with Crippen LogP contribution in [0.2, 0.25) is 0 Å². The lowest BCUT2D eigenvalue weighted by Gasteiger charge is -2.44. The molecular weight excluding hydrogens is 541 g/mol. The van der Waals surface area contributed by atoms with E-state index in [-0.39, 0.29) is 5.82 Å². The molecule has 1 saturated heterocycles. The molecule has 1 aliphatic rings. The summed E-state index contributed by atoms with van der Waals surface area (Å²) in [4.78, 5) is 14.0. The molecule has 1 aliphatic heterocycles. The van der Waals surface area contributed by atoms with Crippen LogP contribution in [0.25, 0.3) is 11.3 Å². The Morgan fingerprint density at radius 2 is 1.59 bits per heavy atom. The fourth-order valence-corrected chi connectivity index (χ4v) is 5.49. The number of hydrogen-bond donors (Lipinski definition) is 0. The molecule has 10 heteroatoms. The number of halogens is 5. The Morgan fingerprint density at radius 3 is 2.22 bits per heavy atom. The van der Waals surface area contributed by atoms with Gasteiger partial charge in [-0.3, -0.25) is 9.58 Å². The predicted octanol–water partition coefficient (Wildman–Crippen LogP) is 6.61. The number of aromatic nitrogens is 2. The Bertz CT molecular complexity index is 1470. The first-order chi connectivity index (χ1) is 19.6. The average Bonchev–Trinajstić information content (AvgIpc) is 3.34. The van der Waals surface area contributed by atoms with Crippen molar-refractivity contribution >= 4 is 5.97 Å². The van der Waals surface area contributed by atoms with Crippen LogP contribution in [-0.2, 0) is 23.0 Å². The molecule has 1 aromatic heterocycles. The van der Waals surface area contributed by atoms with Gasteiger partial charge in [0.1, 0.15) is 11.6 Å². The molecule has 0 bridgehead atoms. The van der Waals surface area contributed by atoms with Crippen molar-refractivity contribution in [2.24, 2.45) is 7.05 Å². The third kappa shape index (κ3) is 6.48. The van der Waals surface area contributed by atoms with Gasteiger partial charge in [0.2, 0.25) is 0 Å². The molecule has 0 saturated carbocycles. The van der Waals surface area contributed by atoms with Gasteiger partial charge in [-0.25, -0.2) is 13.6 Å². The molecule has 5 nitrogen and oxygen atoms in total. The molecule has 0 radical (unpaired) electrons. The maximum absolute atomic E-state index is 13.9. The summed E-state index contributed by atoms with van der Waals surface area (Å²) < 4.78 is 74.7. The summed E-state index contributed by atoms with van der Waals surface area (Å²) in [5.74, 6) is -4.40. The summed E-state index contributed by atoms with van der Waals surface area (Å²) in [6, 6.07) is 22.7. The molecule has 41 heavy (non-hydrogen) atoms. The van der Waals surface area contributed by atoms with E-state index in [0.29, 0.717) is 48.4 Å². The van der Waals surface area contributed by atoms with Gasteiger partial charge in [0.05, 0.1) is 11.4 Å². The van der Waals surface area contributed by atoms with E-state index in [2.05, 4.69) is 5.10 Å². The molecular formula is C31H28F5N3O2. The number of likely N-dealkylation sites (tertiary alicyclic amines) is 1. The van der Waals surface area contributed by atoms with Crippen LogP contribution in [0.3, 0.4) is 0 Å². The van der Waals surface area contributed by atoms with Crippen LogP contribution < -0.4 is 0 Å². The van der Waals surface area contributed by atoms with E-state index >= 15 is 0 Å². The van der Waals surface area contributed by atoms with Crippen LogP contribution in [0.15, 0.2) is 84.9 Å². The molecule has 5 rings (SSSR count). The lowest BCUT2D eigenvalue weighted by molar-refractivity contribution is -0.217. The summed E-state index contributed by atoms with van der Waals surface area (Å²) in [7, 11) is 1.73. The summed E-state index contributed by atoms with van der Waals surface area (Å²) in [6.45, 7) is 0.681. The number of carbonyl (C=O) groups excluding carboxylic acids is 1. The number of esters is 1. The summed E-state index contributed by atoms with van der Waals surface area (Å²) in [5, 5.41) is 4.67. The van der Waals surface area contributed by atoms with Crippen molar-refractivity contribution in [1.29, 1.82) is 0 Å². The molecule has 0 spiro atoms. The number of alkyl halides is 3. The third-order valence-corrected chi connectivity index (χ3v) is 7.49. The van der Waals surface area contributed by atoms with Crippen LogP contribution in [-0.4, -0.2) is 46.1 Å². The van der Waals surface area contributed by atoms with Gasteiger partial charge in [0, 0.05) is 32.0 Å². The molecule has 4 aromatic rings. The third-order valence-electron chi connectivity index (χ3n) is 7.49. The van der Waals surface area contributed by atoms with Crippen LogP contribution in [0.4, 0.5) is 22.0 Å². The number of carbonyl (C=O) groups is 1. The average molecular weight is 570 g/mol. The van der Waals surface area contributed by atoms with Crippen molar-refractivity contribution in [3.63, 3.8) is 0 Å². The molecule has 2 heterocycles. The summed E-state index contributed by atoms with van der Waals surface area (Å²) in [6.07, 6.45) is -5.45. The molecule has 3 atom stereocenters. The minimum atomic E-state index is -5.19. The quantitative estimate of drug-likeness (QED) is 0.186. The molecule has 214 valence electrons. The van der Waals surface area contributed by atoms with Gasteiger partial charge in [-0.05, 0) is 72.0 Å². The first-order valence-electron chi connectivity index (χ1n) is 13.2. The van der Waals surface area contributed by atoms with Crippen molar-refractivity contribution in [3.05, 3.63) is 113 Å². The Morgan fingerprint density at radius 1 is 0.951 bits per heavy atom. The maximum Gasteiger partial charge on any atom is 0.490 e. The van der Waals surface area contributed by atoms with Crippen LogP contribution in [0.5, 0.6) is 0 Å². The molecule has 1 fully saturated rings. The van der Waals surface area contributed by atoms with Gasteiger partial charge in [0.15, 0.2) is 6.23 Å². The van der Waals surface area contributed by atoms with Gasteiger partial charge < -0.3 is 4.74 Å². The van der Waals surface area contributed by atoms with Crippen molar-refractivity contribution in [1.82, 2.24) is 14.7 Å². The standard InChI is InChI=1S/C31H28F5N3O2/c1-38-27(21-7-11-23(32)12-8-21)19-26(37-38)25-16-18-39(17-15-20-5-3-2-4-6-20)29(41-30(40)31(34,35)36)28(25)22-9-13-24(33)14-10-22/h2-14,19,25,28-29H,15-18H2,1H3/t25-,28-,29?/m0/s1. The number of piperidine rings is 1. The molecule has 0 aliphatic carbocycles. The van der Waals surface area contributed by atoms with E-state index in [1.54, 1.807) is 28.8 Å². The molecule has 3 aromatic carbocycles. The van der Waals surface area contributed by atoms with Crippen molar-refractivity contribution in [2.75, 3.05) is 13.1 Å². The van der Waals surface area contributed by atoms with Gasteiger partial charge in [-0.15, -0.1) is 0 Å². The maximum atomic E-state index is 13.9. The number of nitrogens with zero attached hydrogens (tertiary/aromatic N) is 3. The highest BCUT2D eigenvalue weighted by Gasteiger charge is 2.48. The Hall–Kier alpha value is -4.05. The monoisotopic (exact) mass is 569 g/mol. The molecule has 0 N–H and O–H groups in total. The van der Waals surface area contributed by atoms with Gasteiger partial charge >= 0.3 is 12.1 Å². The second-order valence-electron chi connectivity index (χ2n) is 10.1. The lowest BCUT2D eigenvalue weighted by atomic mass is 9.77. The first kappa shape index (κ1) is 28.5. The van der Waals surface area contributed by atoms with E-state index in [9.17, 15) is 26.7 Å². The smallest absolute Gasteiger partial charge is 0.439 e. The van der Waals surface area contributed by atoms with Crippen LogP contribution in [0.1, 0.15) is 35.1 Å². The number of ether oxygens (including phenoxy) is 1. The zero-order valence-corrected chi connectivity index (χ0v) is 22.2. The second kappa shape index (κ2) is 11.8. The number of hydrogen-bond acceptors (Lipinski definition) is 4. The fourth-order valence-electron chi connectivity index (χ4n) is 5.49. The zero-order valence-electron chi connectivity index (χ0n) is 22.2. The van der Waals surface area contributed by atoms with Crippen molar-refractivity contribution in [2.45, 2.75) is 37.1 Å².